The number of nitriles is 1. The van der Waals surface area contributed by atoms with E-state index in [2.05, 4.69) is 17.5 Å². The van der Waals surface area contributed by atoms with Crippen molar-refractivity contribution in [1.82, 2.24) is 5.32 Å². The molecule has 1 unspecified atom stereocenters. The second kappa shape index (κ2) is 7.19. The van der Waals surface area contributed by atoms with Gasteiger partial charge in [0, 0.05) is 11.4 Å². The predicted octanol–water partition coefficient (Wildman–Crippen LogP) is 4.64. The molecule has 3 rings (SSSR count). The van der Waals surface area contributed by atoms with Crippen LogP contribution in [0.5, 0.6) is 0 Å². The average molecular weight is 322 g/mol. The van der Waals surface area contributed by atoms with Gasteiger partial charge in [-0.15, -0.1) is 11.3 Å². The maximum Gasteiger partial charge on any atom is 0.123 e. The molecule has 0 bridgehead atoms. The van der Waals surface area contributed by atoms with Crippen molar-refractivity contribution in [3.8, 4) is 6.07 Å². The number of thiophene rings is 1. The van der Waals surface area contributed by atoms with Crippen molar-refractivity contribution in [2.75, 3.05) is 0 Å². The highest BCUT2D eigenvalue weighted by atomic mass is 32.1. The van der Waals surface area contributed by atoms with Gasteiger partial charge in [0.05, 0.1) is 17.7 Å². The fraction of sp³-hybridized carbons (Fsp3) is 0.105. The SMILES string of the molecule is N#Cc1ccccc1CNC(c1ccc(F)cc1)c1cccs1. The third-order valence-electron chi connectivity index (χ3n) is 3.67. The van der Waals surface area contributed by atoms with Gasteiger partial charge < -0.3 is 5.32 Å². The number of hydrogen-bond acceptors (Lipinski definition) is 3. The third-order valence-corrected chi connectivity index (χ3v) is 4.60. The van der Waals surface area contributed by atoms with Crippen LogP contribution in [-0.4, -0.2) is 0 Å². The van der Waals surface area contributed by atoms with E-state index in [0.29, 0.717) is 12.1 Å². The van der Waals surface area contributed by atoms with Crippen molar-refractivity contribution in [2.45, 2.75) is 12.6 Å². The summed E-state index contributed by atoms with van der Waals surface area (Å²) in [5.74, 6) is -0.242. The second-order valence-corrected chi connectivity index (χ2v) is 6.13. The molecular formula is C19H15FN2S. The largest absolute Gasteiger partial charge is 0.301 e. The van der Waals surface area contributed by atoms with Gasteiger partial charge in [-0.2, -0.15) is 5.26 Å². The minimum Gasteiger partial charge on any atom is -0.301 e. The molecule has 0 saturated heterocycles. The molecule has 0 saturated carbocycles. The fourth-order valence-corrected chi connectivity index (χ4v) is 3.32. The van der Waals surface area contributed by atoms with Crippen molar-refractivity contribution < 1.29 is 4.39 Å². The van der Waals surface area contributed by atoms with E-state index in [9.17, 15) is 9.65 Å². The van der Waals surface area contributed by atoms with Crippen LogP contribution in [0.2, 0.25) is 0 Å². The topological polar surface area (TPSA) is 35.8 Å². The Morgan fingerprint density at radius 1 is 1.04 bits per heavy atom. The van der Waals surface area contributed by atoms with Crippen LogP contribution in [-0.2, 0) is 6.54 Å². The van der Waals surface area contributed by atoms with Gasteiger partial charge in [0.25, 0.3) is 0 Å². The molecule has 0 fully saturated rings. The van der Waals surface area contributed by atoms with E-state index in [4.69, 9.17) is 0 Å². The Morgan fingerprint density at radius 3 is 2.52 bits per heavy atom. The molecule has 0 aliphatic heterocycles. The summed E-state index contributed by atoms with van der Waals surface area (Å²) in [6.45, 7) is 0.573. The Kier molecular flexibility index (Phi) is 4.82. The van der Waals surface area contributed by atoms with Gasteiger partial charge >= 0.3 is 0 Å². The van der Waals surface area contributed by atoms with Gasteiger partial charge in [0.15, 0.2) is 0 Å². The fourth-order valence-electron chi connectivity index (χ4n) is 2.49. The normalized spacial score (nSPS) is 11.8. The van der Waals surface area contributed by atoms with Gasteiger partial charge in [0.1, 0.15) is 5.82 Å². The molecule has 4 heteroatoms. The van der Waals surface area contributed by atoms with Crippen molar-refractivity contribution >= 4 is 11.3 Å². The van der Waals surface area contributed by atoms with Crippen LogP contribution in [0.15, 0.2) is 66.0 Å². The van der Waals surface area contributed by atoms with Crippen LogP contribution in [0.3, 0.4) is 0 Å². The van der Waals surface area contributed by atoms with Crippen LogP contribution in [0.4, 0.5) is 4.39 Å². The first kappa shape index (κ1) is 15.4. The quantitative estimate of drug-likeness (QED) is 0.743. The number of nitrogens with one attached hydrogen (secondary N) is 1. The smallest absolute Gasteiger partial charge is 0.123 e. The number of hydrogen-bond donors (Lipinski definition) is 1. The first-order valence-corrected chi connectivity index (χ1v) is 8.16. The molecule has 1 N–H and O–H groups in total. The van der Waals surface area contributed by atoms with Crippen molar-refractivity contribution in [3.05, 3.63) is 93.4 Å². The highest BCUT2D eigenvalue weighted by Crippen LogP contribution is 2.26. The second-order valence-electron chi connectivity index (χ2n) is 5.15. The minimum atomic E-state index is -0.242. The summed E-state index contributed by atoms with van der Waals surface area (Å²) < 4.78 is 13.2. The Balaban J connectivity index is 1.85. The van der Waals surface area contributed by atoms with Crippen LogP contribution in [0.1, 0.15) is 27.6 Å². The van der Waals surface area contributed by atoms with Crippen molar-refractivity contribution in [2.24, 2.45) is 0 Å². The lowest BCUT2D eigenvalue weighted by Crippen LogP contribution is -2.21. The zero-order valence-corrected chi connectivity index (χ0v) is 13.2. The number of nitrogens with zero attached hydrogens (tertiary/aromatic N) is 1. The molecule has 0 aliphatic carbocycles. The Labute approximate surface area is 138 Å². The van der Waals surface area contributed by atoms with Crippen LogP contribution in [0.25, 0.3) is 0 Å². The van der Waals surface area contributed by atoms with Gasteiger partial charge in [0.2, 0.25) is 0 Å². The molecule has 0 spiro atoms. The molecule has 2 aromatic carbocycles. The molecule has 1 atom stereocenters. The zero-order chi connectivity index (χ0) is 16.1. The lowest BCUT2D eigenvalue weighted by atomic mass is 10.0. The average Bonchev–Trinajstić information content (AvgIpc) is 3.11. The van der Waals surface area contributed by atoms with Gasteiger partial charge in [-0.05, 0) is 40.8 Å². The van der Waals surface area contributed by atoms with Crippen molar-refractivity contribution in [3.63, 3.8) is 0 Å². The lowest BCUT2D eigenvalue weighted by Gasteiger charge is -2.18. The van der Waals surface area contributed by atoms with E-state index in [1.165, 1.54) is 12.1 Å². The van der Waals surface area contributed by atoms with E-state index in [0.717, 1.165) is 16.0 Å². The molecule has 0 radical (unpaired) electrons. The van der Waals surface area contributed by atoms with E-state index < -0.39 is 0 Å². The Hall–Kier alpha value is -2.48. The summed E-state index contributed by atoms with van der Waals surface area (Å²) in [6, 6.07) is 20.3. The summed E-state index contributed by atoms with van der Waals surface area (Å²) in [5, 5.41) is 14.7. The highest BCUT2D eigenvalue weighted by Gasteiger charge is 2.15. The van der Waals surface area contributed by atoms with Crippen LogP contribution >= 0.6 is 11.3 Å². The molecule has 3 aromatic rings. The van der Waals surface area contributed by atoms with Crippen LogP contribution in [0, 0.1) is 17.1 Å². The minimum absolute atomic E-state index is 0.0256. The van der Waals surface area contributed by atoms with E-state index in [1.54, 1.807) is 23.5 Å². The molecule has 1 heterocycles. The van der Waals surface area contributed by atoms with Crippen molar-refractivity contribution in [1.29, 1.82) is 5.26 Å². The first-order valence-electron chi connectivity index (χ1n) is 7.28. The third kappa shape index (κ3) is 3.65. The van der Waals surface area contributed by atoms with E-state index in [1.807, 2.05) is 35.7 Å². The number of rotatable bonds is 5. The number of halogens is 1. The van der Waals surface area contributed by atoms with E-state index in [-0.39, 0.29) is 11.9 Å². The predicted molar refractivity (Wildman–Crippen MR) is 90.6 cm³/mol. The first-order chi connectivity index (χ1) is 11.3. The Bertz CT molecular complexity index is 804. The van der Waals surface area contributed by atoms with Gasteiger partial charge in [-0.3, -0.25) is 0 Å². The molecular weight excluding hydrogens is 307 g/mol. The van der Waals surface area contributed by atoms with Gasteiger partial charge in [-0.1, -0.05) is 36.4 Å². The van der Waals surface area contributed by atoms with Crippen LogP contribution < -0.4 is 5.32 Å². The molecule has 0 aliphatic rings. The monoisotopic (exact) mass is 322 g/mol. The molecule has 23 heavy (non-hydrogen) atoms. The lowest BCUT2D eigenvalue weighted by molar-refractivity contribution is 0.603. The zero-order valence-electron chi connectivity index (χ0n) is 12.4. The summed E-state index contributed by atoms with van der Waals surface area (Å²) in [7, 11) is 0. The summed E-state index contributed by atoms with van der Waals surface area (Å²) >= 11 is 1.65. The summed E-state index contributed by atoms with van der Waals surface area (Å²) in [6.07, 6.45) is 0. The molecule has 1 aromatic heterocycles. The maximum absolute atomic E-state index is 13.2. The Morgan fingerprint density at radius 2 is 1.83 bits per heavy atom. The molecule has 2 nitrogen and oxygen atoms in total. The molecule has 114 valence electrons. The summed E-state index contributed by atoms with van der Waals surface area (Å²) in [5.41, 5.74) is 2.63. The standard InChI is InChI=1S/C19H15FN2S/c20-17-9-7-14(8-10-17)19(18-6-3-11-23-18)22-13-16-5-2-1-4-15(16)12-21/h1-11,19,22H,13H2. The maximum atomic E-state index is 13.2. The molecule has 0 amide bonds. The van der Waals surface area contributed by atoms with Gasteiger partial charge in [-0.25, -0.2) is 4.39 Å². The number of benzene rings is 2. The summed E-state index contributed by atoms with van der Waals surface area (Å²) in [4.78, 5) is 1.16. The highest BCUT2D eigenvalue weighted by molar-refractivity contribution is 7.10. The van der Waals surface area contributed by atoms with E-state index >= 15 is 0 Å².